The average molecular weight is 154 g/mol. The molecule has 4 nitrogen and oxygen atoms in total. The lowest BCUT2D eigenvalue weighted by atomic mass is 10.3. The molecule has 11 heavy (non-hydrogen) atoms. The second-order valence-electron chi connectivity index (χ2n) is 2.00. The molecule has 0 bridgehead atoms. The lowest BCUT2D eigenvalue weighted by Crippen LogP contribution is -2.00. The van der Waals surface area contributed by atoms with Gasteiger partial charge in [-0.1, -0.05) is 0 Å². The largest absolute Gasteiger partial charge is 0.495 e. The minimum atomic E-state index is 0.323. The highest BCUT2D eigenvalue weighted by atomic mass is 16.6. The molecule has 4 heteroatoms. The second-order valence-corrected chi connectivity index (χ2v) is 2.00. The van der Waals surface area contributed by atoms with Crippen LogP contribution in [0.1, 0.15) is 5.69 Å². The molecule has 0 fully saturated rings. The highest BCUT2D eigenvalue weighted by Crippen LogP contribution is 2.07. The van der Waals surface area contributed by atoms with Crippen molar-refractivity contribution in [3.63, 3.8) is 0 Å². The molecule has 1 aromatic heterocycles. The zero-order chi connectivity index (χ0) is 8.10. The minimum absolute atomic E-state index is 0.323. The molecule has 0 amide bonds. The van der Waals surface area contributed by atoms with E-state index in [9.17, 15) is 0 Å². The predicted octanol–water partition coefficient (Wildman–Crippen LogP) is 0.480. The SMILES string of the molecule is COc1ccc(CON)nc1. The van der Waals surface area contributed by atoms with Gasteiger partial charge in [-0.25, -0.2) is 5.90 Å². The number of methoxy groups -OCH3 is 1. The number of nitrogens with two attached hydrogens (primary N) is 1. The highest BCUT2D eigenvalue weighted by molar-refractivity contribution is 5.19. The summed E-state index contributed by atoms with van der Waals surface area (Å²) in [4.78, 5) is 8.41. The summed E-state index contributed by atoms with van der Waals surface area (Å²) in [5.74, 6) is 5.59. The molecule has 0 saturated heterocycles. The molecule has 0 unspecified atom stereocenters. The van der Waals surface area contributed by atoms with Gasteiger partial charge in [0.25, 0.3) is 0 Å². The van der Waals surface area contributed by atoms with Crippen LogP contribution in [-0.2, 0) is 11.4 Å². The van der Waals surface area contributed by atoms with E-state index in [1.165, 1.54) is 0 Å². The van der Waals surface area contributed by atoms with Gasteiger partial charge in [-0.05, 0) is 12.1 Å². The Kier molecular flexibility index (Phi) is 2.83. The molecular weight excluding hydrogens is 144 g/mol. The van der Waals surface area contributed by atoms with E-state index in [2.05, 4.69) is 9.82 Å². The molecule has 0 radical (unpaired) electrons. The van der Waals surface area contributed by atoms with E-state index in [-0.39, 0.29) is 0 Å². The van der Waals surface area contributed by atoms with Crippen LogP contribution in [0.4, 0.5) is 0 Å². The monoisotopic (exact) mass is 154 g/mol. The van der Waals surface area contributed by atoms with Crippen LogP contribution < -0.4 is 10.6 Å². The molecule has 0 aliphatic heterocycles. The van der Waals surface area contributed by atoms with Gasteiger partial charge < -0.3 is 4.74 Å². The van der Waals surface area contributed by atoms with E-state index in [4.69, 9.17) is 10.6 Å². The topological polar surface area (TPSA) is 57.4 Å². The molecular formula is C7H10N2O2. The Bertz CT molecular complexity index is 210. The number of hydrogen-bond donors (Lipinski definition) is 1. The zero-order valence-electron chi connectivity index (χ0n) is 6.28. The van der Waals surface area contributed by atoms with E-state index < -0.39 is 0 Å². The Labute approximate surface area is 64.9 Å². The molecule has 0 spiro atoms. The predicted molar refractivity (Wildman–Crippen MR) is 39.8 cm³/mol. The van der Waals surface area contributed by atoms with Crippen LogP contribution in [0.3, 0.4) is 0 Å². The Morgan fingerprint density at radius 1 is 1.55 bits per heavy atom. The summed E-state index contributed by atoms with van der Waals surface area (Å²) in [5.41, 5.74) is 0.785. The Balaban J connectivity index is 2.66. The third kappa shape index (κ3) is 2.18. The summed E-state index contributed by atoms with van der Waals surface area (Å²) >= 11 is 0. The lowest BCUT2D eigenvalue weighted by molar-refractivity contribution is 0.121. The smallest absolute Gasteiger partial charge is 0.137 e. The molecule has 0 aliphatic carbocycles. The van der Waals surface area contributed by atoms with Crippen molar-refractivity contribution in [2.24, 2.45) is 5.90 Å². The average Bonchev–Trinajstić information content (AvgIpc) is 2.07. The van der Waals surface area contributed by atoms with Gasteiger partial charge in [-0.2, -0.15) is 0 Å². The van der Waals surface area contributed by atoms with Crippen molar-refractivity contribution in [2.75, 3.05) is 7.11 Å². The number of pyridine rings is 1. The summed E-state index contributed by atoms with van der Waals surface area (Å²) in [7, 11) is 1.59. The summed E-state index contributed by atoms with van der Waals surface area (Å²) in [6, 6.07) is 3.60. The summed E-state index contributed by atoms with van der Waals surface area (Å²) < 4.78 is 4.91. The molecule has 1 rings (SSSR count). The first-order valence-corrected chi connectivity index (χ1v) is 3.17. The van der Waals surface area contributed by atoms with Crippen LogP contribution in [0.5, 0.6) is 5.75 Å². The van der Waals surface area contributed by atoms with Crippen molar-refractivity contribution in [3.8, 4) is 5.75 Å². The first kappa shape index (κ1) is 7.97. The lowest BCUT2D eigenvalue weighted by Gasteiger charge is -1.99. The first-order chi connectivity index (χ1) is 5.36. The van der Waals surface area contributed by atoms with Crippen molar-refractivity contribution in [2.45, 2.75) is 6.61 Å². The number of ether oxygens (including phenoxy) is 1. The number of nitrogens with zero attached hydrogens (tertiary/aromatic N) is 1. The number of aromatic nitrogens is 1. The minimum Gasteiger partial charge on any atom is -0.495 e. The Hall–Kier alpha value is -1.13. The number of rotatable bonds is 3. The van der Waals surface area contributed by atoms with E-state index in [0.29, 0.717) is 6.61 Å². The number of hydrogen-bond acceptors (Lipinski definition) is 4. The van der Waals surface area contributed by atoms with Crippen LogP contribution >= 0.6 is 0 Å². The zero-order valence-corrected chi connectivity index (χ0v) is 6.28. The maximum atomic E-state index is 4.91. The maximum Gasteiger partial charge on any atom is 0.137 e. The standard InChI is InChI=1S/C7H10N2O2/c1-10-7-3-2-6(5-11-8)9-4-7/h2-4H,5,8H2,1H3. The molecule has 1 heterocycles. The fraction of sp³-hybridized carbons (Fsp3) is 0.286. The van der Waals surface area contributed by atoms with Crippen LogP contribution in [0.2, 0.25) is 0 Å². The summed E-state index contributed by atoms with van der Waals surface area (Å²) in [6.07, 6.45) is 1.62. The van der Waals surface area contributed by atoms with Crippen molar-refractivity contribution in [3.05, 3.63) is 24.0 Å². The highest BCUT2D eigenvalue weighted by Gasteiger charge is 1.93. The summed E-state index contributed by atoms with van der Waals surface area (Å²) in [5, 5.41) is 0. The maximum absolute atomic E-state index is 4.91. The fourth-order valence-electron chi connectivity index (χ4n) is 0.702. The Morgan fingerprint density at radius 2 is 2.36 bits per heavy atom. The van der Waals surface area contributed by atoms with Gasteiger partial charge in [-0.15, -0.1) is 0 Å². The van der Waals surface area contributed by atoms with Gasteiger partial charge in [0.15, 0.2) is 0 Å². The molecule has 1 aromatic rings. The quantitative estimate of drug-likeness (QED) is 0.643. The van der Waals surface area contributed by atoms with Gasteiger partial charge in [0.05, 0.1) is 19.0 Å². The Morgan fingerprint density at radius 3 is 2.82 bits per heavy atom. The fourth-order valence-corrected chi connectivity index (χ4v) is 0.702. The van der Waals surface area contributed by atoms with Crippen LogP contribution in [0.15, 0.2) is 18.3 Å². The molecule has 2 N–H and O–H groups in total. The van der Waals surface area contributed by atoms with E-state index in [1.54, 1.807) is 25.4 Å². The van der Waals surface area contributed by atoms with Gasteiger partial charge in [0.2, 0.25) is 0 Å². The van der Waals surface area contributed by atoms with Crippen molar-refractivity contribution < 1.29 is 9.57 Å². The third-order valence-electron chi connectivity index (χ3n) is 1.26. The third-order valence-corrected chi connectivity index (χ3v) is 1.26. The second kappa shape index (κ2) is 3.90. The van der Waals surface area contributed by atoms with Crippen LogP contribution in [0, 0.1) is 0 Å². The van der Waals surface area contributed by atoms with Crippen molar-refractivity contribution in [1.29, 1.82) is 0 Å². The van der Waals surface area contributed by atoms with Gasteiger partial charge >= 0.3 is 0 Å². The van der Waals surface area contributed by atoms with E-state index >= 15 is 0 Å². The molecule has 60 valence electrons. The van der Waals surface area contributed by atoms with Gasteiger partial charge in [0, 0.05) is 0 Å². The van der Waals surface area contributed by atoms with E-state index in [1.807, 2.05) is 0 Å². The van der Waals surface area contributed by atoms with Crippen molar-refractivity contribution >= 4 is 0 Å². The molecule has 0 aromatic carbocycles. The van der Waals surface area contributed by atoms with Crippen LogP contribution in [-0.4, -0.2) is 12.1 Å². The first-order valence-electron chi connectivity index (χ1n) is 3.17. The molecule has 0 atom stereocenters. The van der Waals surface area contributed by atoms with Crippen molar-refractivity contribution in [1.82, 2.24) is 4.98 Å². The normalized spacial score (nSPS) is 9.64. The molecule has 0 aliphatic rings. The summed E-state index contributed by atoms with van der Waals surface area (Å²) in [6.45, 7) is 0.323. The van der Waals surface area contributed by atoms with Crippen LogP contribution in [0.25, 0.3) is 0 Å². The van der Waals surface area contributed by atoms with Gasteiger partial charge in [-0.3, -0.25) is 9.82 Å². The van der Waals surface area contributed by atoms with E-state index in [0.717, 1.165) is 11.4 Å². The molecule has 0 saturated carbocycles. The van der Waals surface area contributed by atoms with Gasteiger partial charge in [0.1, 0.15) is 12.4 Å².